The van der Waals surface area contributed by atoms with Crippen LogP contribution in [0.5, 0.6) is 0 Å². The molecule has 232 valence electrons. The first-order chi connectivity index (χ1) is 19.7. The van der Waals surface area contributed by atoms with Crippen LogP contribution in [-0.4, -0.2) is 101 Å². The van der Waals surface area contributed by atoms with Crippen molar-refractivity contribution in [3.8, 4) is 0 Å². The molecule has 0 bridgehead atoms. The second-order valence-electron chi connectivity index (χ2n) is 13.5. The Kier molecular flexibility index (Phi) is 8.70. The Morgan fingerprint density at radius 1 is 1.00 bits per heavy atom. The third-order valence-electron chi connectivity index (χ3n) is 11.7. The van der Waals surface area contributed by atoms with Crippen molar-refractivity contribution in [1.29, 1.82) is 0 Å². The van der Waals surface area contributed by atoms with Crippen molar-refractivity contribution in [2.45, 2.75) is 106 Å². The number of nitrogens with zero attached hydrogens (tertiary/aromatic N) is 1. The number of ether oxygens (including phenoxy) is 3. The van der Waals surface area contributed by atoms with Crippen molar-refractivity contribution in [2.75, 3.05) is 33.9 Å². The molecule has 3 saturated carbocycles. The molecule has 0 spiro atoms. The van der Waals surface area contributed by atoms with Crippen molar-refractivity contribution < 1.29 is 37.5 Å². The van der Waals surface area contributed by atoms with Crippen LogP contribution < -0.4 is 15.8 Å². The van der Waals surface area contributed by atoms with E-state index in [9.17, 15) is 18.0 Å². The summed E-state index contributed by atoms with van der Waals surface area (Å²) in [5.74, 6) is 1.53. The highest BCUT2D eigenvalue weighted by atomic mass is 32.2. The SMILES string of the molecule is COC1CCC2C3[NH2+]CCC4C5CC(OCC(=O)NCC6CCC(S(N)(=O)=O)CC6)CCC5N(C(=O)C2C1OC)C43. The van der Waals surface area contributed by atoms with Crippen LogP contribution in [0.15, 0.2) is 0 Å². The zero-order valence-corrected chi connectivity index (χ0v) is 25.3. The van der Waals surface area contributed by atoms with Gasteiger partial charge in [0.2, 0.25) is 21.8 Å². The minimum atomic E-state index is -3.48. The third kappa shape index (κ3) is 5.57. The van der Waals surface area contributed by atoms with Crippen molar-refractivity contribution in [3.05, 3.63) is 0 Å². The Balaban J connectivity index is 1.04. The maximum absolute atomic E-state index is 14.2. The Hall–Kier alpha value is -1.31. The summed E-state index contributed by atoms with van der Waals surface area (Å²) in [6.45, 7) is 1.68. The maximum Gasteiger partial charge on any atom is 0.246 e. The molecular weight excluding hydrogens is 548 g/mol. The van der Waals surface area contributed by atoms with Gasteiger partial charge in [0.15, 0.2) is 0 Å². The molecule has 0 radical (unpaired) electrons. The van der Waals surface area contributed by atoms with Gasteiger partial charge in [-0.2, -0.15) is 0 Å². The summed E-state index contributed by atoms with van der Waals surface area (Å²) in [6, 6.07) is 0.951. The van der Waals surface area contributed by atoms with Gasteiger partial charge in [-0.05, 0) is 75.5 Å². The first-order valence-electron chi connectivity index (χ1n) is 15.8. The topological polar surface area (TPSA) is 154 Å². The number of hydrogen-bond donors (Lipinski definition) is 3. The smallest absolute Gasteiger partial charge is 0.246 e. The molecule has 0 aromatic heterocycles. The Morgan fingerprint density at radius 3 is 2.49 bits per heavy atom. The predicted octanol–water partition coefficient (Wildman–Crippen LogP) is -0.264. The van der Waals surface area contributed by atoms with Gasteiger partial charge < -0.3 is 29.7 Å². The fraction of sp³-hybridized carbons (Fsp3) is 0.931. The molecule has 10 unspecified atom stereocenters. The number of amides is 2. The zero-order chi connectivity index (χ0) is 28.9. The van der Waals surface area contributed by atoms with E-state index in [2.05, 4.69) is 15.5 Å². The number of nitrogens with two attached hydrogens (primary N) is 2. The number of quaternary nitrogens is 1. The Morgan fingerprint density at radius 2 is 1.78 bits per heavy atom. The lowest BCUT2D eigenvalue weighted by atomic mass is 9.64. The molecule has 3 aliphatic heterocycles. The average molecular weight is 598 g/mol. The molecule has 12 heteroatoms. The van der Waals surface area contributed by atoms with Crippen LogP contribution in [0.2, 0.25) is 0 Å². The molecule has 0 aromatic rings. The number of hydrogen-bond acceptors (Lipinski definition) is 7. The number of nitrogens with one attached hydrogen (secondary N) is 1. The number of fused-ring (bicyclic) bond motifs is 5. The van der Waals surface area contributed by atoms with Crippen molar-refractivity contribution >= 4 is 21.8 Å². The molecule has 3 heterocycles. The number of piperidine rings is 2. The van der Waals surface area contributed by atoms with E-state index in [1.807, 2.05) is 0 Å². The summed E-state index contributed by atoms with van der Waals surface area (Å²) in [4.78, 5) is 29.1. The molecule has 0 aromatic carbocycles. The van der Waals surface area contributed by atoms with Gasteiger partial charge in [0.25, 0.3) is 0 Å². The van der Waals surface area contributed by atoms with E-state index in [0.29, 0.717) is 43.2 Å². The summed E-state index contributed by atoms with van der Waals surface area (Å²) < 4.78 is 41.0. The van der Waals surface area contributed by atoms with Crippen molar-refractivity contribution in [2.24, 2.45) is 34.7 Å². The average Bonchev–Trinajstić information content (AvgIpc) is 3.31. The highest BCUT2D eigenvalue weighted by Crippen LogP contribution is 2.53. The molecule has 3 aliphatic carbocycles. The molecular formula is C29H49N4O7S+. The lowest BCUT2D eigenvalue weighted by molar-refractivity contribution is -0.713. The number of methoxy groups -OCH3 is 2. The van der Waals surface area contributed by atoms with Crippen molar-refractivity contribution in [3.63, 3.8) is 0 Å². The number of sulfonamides is 1. The Labute approximate surface area is 244 Å². The normalized spacial score (nSPS) is 44.1. The van der Waals surface area contributed by atoms with Crippen LogP contribution in [0, 0.1) is 29.6 Å². The maximum atomic E-state index is 14.2. The fourth-order valence-corrected chi connectivity index (χ4v) is 10.8. The van der Waals surface area contributed by atoms with Gasteiger partial charge in [-0.1, -0.05) is 0 Å². The molecule has 2 amide bonds. The standard InChI is InChI=1S/C29H48N4O7S/c1-38-23-10-8-20-25(28(23)39-2)29(35)33-22-9-5-17(13-21(22)19-11-12-31-26(20)27(19)33)40-15-24(34)32-14-16-3-6-18(7-4-16)41(30,36)37/h16-23,25-28,31H,3-15H2,1-2H3,(H,32,34)(H2,30,36,37)/p+1. The van der Waals surface area contributed by atoms with Gasteiger partial charge in [-0.3, -0.25) is 9.59 Å². The minimum Gasteiger partial charge on any atom is -0.379 e. The van der Waals surface area contributed by atoms with E-state index < -0.39 is 15.3 Å². The van der Waals surface area contributed by atoms with Crippen LogP contribution in [0.1, 0.15) is 64.2 Å². The first-order valence-corrected chi connectivity index (χ1v) is 17.4. The van der Waals surface area contributed by atoms with E-state index in [4.69, 9.17) is 19.3 Å². The third-order valence-corrected chi connectivity index (χ3v) is 13.1. The van der Waals surface area contributed by atoms with Gasteiger partial charge >= 0.3 is 0 Å². The lowest BCUT2D eigenvalue weighted by Gasteiger charge is -2.53. The molecule has 11 nitrogen and oxygen atoms in total. The molecule has 41 heavy (non-hydrogen) atoms. The molecule has 6 rings (SSSR count). The van der Waals surface area contributed by atoms with Crippen LogP contribution in [0.3, 0.4) is 0 Å². The van der Waals surface area contributed by atoms with E-state index in [1.54, 1.807) is 14.2 Å². The quantitative estimate of drug-likeness (QED) is 0.348. The van der Waals surface area contributed by atoms with E-state index in [-0.39, 0.29) is 60.7 Å². The van der Waals surface area contributed by atoms with Gasteiger partial charge in [0.05, 0.1) is 42.1 Å². The summed E-state index contributed by atoms with van der Waals surface area (Å²) in [5.41, 5.74) is 0. The highest BCUT2D eigenvalue weighted by molar-refractivity contribution is 7.89. The predicted molar refractivity (Wildman–Crippen MR) is 150 cm³/mol. The molecule has 5 N–H and O–H groups in total. The van der Waals surface area contributed by atoms with Crippen molar-refractivity contribution in [1.82, 2.24) is 10.2 Å². The summed E-state index contributed by atoms with van der Waals surface area (Å²) in [5, 5.41) is 10.3. The first kappa shape index (κ1) is 29.7. The molecule has 6 aliphatic rings. The summed E-state index contributed by atoms with van der Waals surface area (Å²) in [7, 11) is -0.0318. The van der Waals surface area contributed by atoms with Crippen LogP contribution in [0.25, 0.3) is 0 Å². The second-order valence-corrected chi connectivity index (χ2v) is 15.4. The molecule has 3 saturated heterocycles. The summed E-state index contributed by atoms with van der Waals surface area (Å²) in [6.07, 6.45) is 8.16. The summed E-state index contributed by atoms with van der Waals surface area (Å²) >= 11 is 0. The minimum absolute atomic E-state index is 0.0277. The lowest BCUT2D eigenvalue weighted by Crippen LogP contribution is -2.99. The second kappa shape index (κ2) is 12.0. The number of primary sulfonamides is 1. The fourth-order valence-electron chi connectivity index (χ4n) is 9.82. The zero-order valence-electron chi connectivity index (χ0n) is 24.5. The monoisotopic (exact) mass is 597 g/mol. The number of carbonyl (C=O) groups excluding carboxylic acids is 2. The highest BCUT2D eigenvalue weighted by Gasteiger charge is 2.66. The van der Waals surface area contributed by atoms with E-state index in [0.717, 1.165) is 57.9 Å². The van der Waals surface area contributed by atoms with Gasteiger partial charge in [0, 0.05) is 39.1 Å². The Bertz CT molecular complexity index is 1080. The largest absolute Gasteiger partial charge is 0.379 e. The van der Waals surface area contributed by atoms with Gasteiger partial charge in [-0.25, -0.2) is 13.6 Å². The molecule has 10 atom stereocenters. The number of rotatable bonds is 8. The van der Waals surface area contributed by atoms with Gasteiger partial charge in [0.1, 0.15) is 12.6 Å². The van der Waals surface area contributed by atoms with Crippen LogP contribution in [-0.2, 0) is 33.8 Å². The molecule has 6 fully saturated rings. The van der Waals surface area contributed by atoms with E-state index in [1.165, 1.54) is 0 Å². The number of carbonyl (C=O) groups is 2. The van der Waals surface area contributed by atoms with Crippen LogP contribution >= 0.6 is 0 Å². The van der Waals surface area contributed by atoms with E-state index >= 15 is 0 Å². The van der Waals surface area contributed by atoms with Gasteiger partial charge in [-0.15, -0.1) is 0 Å². The van der Waals surface area contributed by atoms with Crippen LogP contribution in [0.4, 0.5) is 0 Å².